The zero-order chi connectivity index (χ0) is 12.0. The van der Waals surface area contributed by atoms with Crippen LogP contribution in [0.3, 0.4) is 0 Å². The van der Waals surface area contributed by atoms with Crippen LogP contribution in [0.4, 0.5) is 4.79 Å². The fraction of sp³-hybridized carbons (Fsp3) is 0.556. The van der Waals surface area contributed by atoms with Crippen molar-refractivity contribution in [2.24, 2.45) is 5.73 Å². The van der Waals surface area contributed by atoms with E-state index in [2.05, 4.69) is 5.32 Å². The van der Waals surface area contributed by atoms with Gasteiger partial charge < -0.3 is 25.3 Å². The summed E-state index contributed by atoms with van der Waals surface area (Å²) in [6, 6.07) is 0. The Morgan fingerprint density at radius 1 is 1.69 bits per heavy atom. The quantitative estimate of drug-likeness (QED) is 0.193. The summed E-state index contributed by atoms with van der Waals surface area (Å²) >= 11 is 0. The average Bonchev–Trinajstić information content (AvgIpc) is 2.50. The third-order valence-corrected chi connectivity index (χ3v) is 1.90. The number of hydrogen-bond donors (Lipinski definition) is 3. The van der Waals surface area contributed by atoms with Crippen LogP contribution in [0.15, 0.2) is 12.3 Å². The Morgan fingerprint density at radius 2 is 2.44 bits per heavy atom. The van der Waals surface area contributed by atoms with E-state index in [1.165, 1.54) is 12.3 Å². The minimum atomic E-state index is -0.662. The molecule has 1 rings (SSSR count). The number of ether oxygens (including phenoxy) is 3. The number of amidine groups is 1. The molecule has 90 valence electrons. The lowest BCUT2D eigenvalue weighted by molar-refractivity contribution is 0.0303. The molecule has 0 saturated carbocycles. The molecule has 0 aromatic carbocycles. The minimum absolute atomic E-state index is 0.0424. The van der Waals surface area contributed by atoms with Crippen molar-refractivity contribution >= 4 is 12.0 Å². The second-order valence-corrected chi connectivity index (χ2v) is 3.24. The summed E-state index contributed by atoms with van der Waals surface area (Å²) in [5, 5.41) is 9.66. The van der Waals surface area contributed by atoms with Crippen LogP contribution in [0.5, 0.6) is 0 Å². The Labute approximate surface area is 93.0 Å². The summed E-state index contributed by atoms with van der Waals surface area (Å²) in [4.78, 5) is 10.7. The molecule has 0 bridgehead atoms. The van der Waals surface area contributed by atoms with Crippen LogP contribution in [-0.2, 0) is 14.2 Å². The lowest BCUT2D eigenvalue weighted by atomic mass is 10.2. The fourth-order valence-corrected chi connectivity index (χ4v) is 1.08. The SMILES string of the molecule is CC1OC(=O)O[C@@H]1COCN/C=C\C(=N)N. The molecule has 1 aliphatic rings. The molecule has 4 N–H and O–H groups in total. The Morgan fingerprint density at radius 3 is 3.00 bits per heavy atom. The van der Waals surface area contributed by atoms with Gasteiger partial charge in [-0.2, -0.15) is 0 Å². The summed E-state index contributed by atoms with van der Waals surface area (Å²) < 4.78 is 14.8. The van der Waals surface area contributed by atoms with Crippen molar-refractivity contribution in [1.29, 1.82) is 5.41 Å². The van der Waals surface area contributed by atoms with E-state index in [-0.39, 0.29) is 31.4 Å². The standard InChI is InChI=1S/C9H15N3O4/c1-6-7(16-9(13)15-6)4-14-5-12-3-2-8(10)11/h2-3,6-7,12H,4-5H2,1H3,(H3,10,11)/b3-2-/t6?,7-/m1/s1. The second kappa shape index (κ2) is 5.96. The van der Waals surface area contributed by atoms with E-state index in [1.54, 1.807) is 6.92 Å². The van der Waals surface area contributed by atoms with Gasteiger partial charge in [-0.1, -0.05) is 0 Å². The molecule has 0 aromatic rings. The highest BCUT2D eigenvalue weighted by atomic mass is 16.8. The number of carbonyl (C=O) groups is 1. The van der Waals surface area contributed by atoms with Crippen molar-refractivity contribution in [3.8, 4) is 0 Å². The molecule has 7 heteroatoms. The average molecular weight is 229 g/mol. The Bertz CT molecular complexity index is 292. The highest BCUT2D eigenvalue weighted by molar-refractivity contribution is 5.88. The van der Waals surface area contributed by atoms with Gasteiger partial charge in [0, 0.05) is 6.20 Å². The monoisotopic (exact) mass is 229 g/mol. The molecule has 2 atom stereocenters. The van der Waals surface area contributed by atoms with Gasteiger partial charge in [0.1, 0.15) is 18.7 Å². The van der Waals surface area contributed by atoms with Gasteiger partial charge in [-0.25, -0.2) is 4.79 Å². The predicted molar refractivity (Wildman–Crippen MR) is 55.8 cm³/mol. The summed E-state index contributed by atoms with van der Waals surface area (Å²) in [6.45, 7) is 2.24. The lowest BCUT2D eigenvalue weighted by Crippen LogP contribution is -2.27. The number of carbonyl (C=O) groups excluding carboxylic acids is 1. The molecule has 16 heavy (non-hydrogen) atoms. The fourth-order valence-electron chi connectivity index (χ4n) is 1.08. The van der Waals surface area contributed by atoms with E-state index < -0.39 is 6.16 Å². The van der Waals surface area contributed by atoms with Crippen LogP contribution in [0, 0.1) is 5.41 Å². The summed E-state index contributed by atoms with van der Waals surface area (Å²) in [6.07, 6.45) is 1.57. The first kappa shape index (κ1) is 12.3. The van der Waals surface area contributed by atoms with Crippen molar-refractivity contribution in [2.45, 2.75) is 19.1 Å². The smallest absolute Gasteiger partial charge is 0.427 e. The van der Waals surface area contributed by atoms with E-state index in [0.29, 0.717) is 0 Å². The predicted octanol–water partition coefficient (Wildman–Crippen LogP) is -0.0763. The van der Waals surface area contributed by atoms with Gasteiger partial charge in [-0.3, -0.25) is 5.41 Å². The molecule has 1 fully saturated rings. The van der Waals surface area contributed by atoms with Crippen molar-refractivity contribution < 1.29 is 19.0 Å². The number of nitrogens with one attached hydrogen (secondary N) is 2. The first-order valence-corrected chi connectivity index (χ1v) is 4.78. The van der Waals surface area contributed by atoms with Crippen molar-refractivity contribution in [2.75, 3.05) is 13.3 Å². The molecule has 1 heterocycles. The Hall–Kier alpha value is -1.76. The van der Waals surface area contributed by atoms with Gasteiger partial charge in [-0.05, 0) is 13.0 Å². The number of hydrogen-bond acceptors (Lipinski definition) is 6. The van der Waals surface area contributed by atoms with Crippen molar-refractivity contribution in [1.82, 2.24) is 5.32 Å². The zero-order valence-electron chi connectivity index (χ0n) is 8.93. The molecule has 0 radical (unpaired) electrons. The summed E-state index contributed by atoms with van der Waals surface area (Å²) in [7, 11) is 0. The lowest BCUT2D eigenvalue weighted by Gasteiger charge is -2.11. The van der Waals surface area contributed by atoms with Crippen LogP contribution in [0.1, 0.15) is 6.92 Å². The maximum Gasteiger partial charge on any atom is 0.509 e. The summed E-state index contributed by atoms with van der Waals surface area (Å²) in [5.41, 5.74) is 5.08. The molecule has 0 aromatic heterocycles. The molecule has 0 amide bonds. The van der Waals surface area contributed by atoms with Crippen molar-refractivity contribution in [3.63, 3.8) is 0 Å². The normalized spacial score (nSPS) is 24.2. The maximum atomic E-state index is 10.7. The highest BCUT2D eigenvalue weighted by Crippen LogP contribution is 2.14. The number of nitrogens with two attached hydrogens (primary N) is 1. The first-order valence-electron chi connectivity index (χ1n) is 4.78. The van der Waals surface area contributed by atoms with Gasteiger partial charge in [0.2, 0.25) is 0 Å². The van der Waals surface area contributed by atoms with E-state index in [9.17, 15) is 4.79 Å². The van der Waals surface area contributed by atoms with Gasteiger partial charge in [0.15, 0.2) is 6.10 Å². The third kappa shape index (κ3) is 4.18. The van der Waals surface area contributed by atoms with E-state index in [4.69, 9.17) is 25.4 Å². The summed E-state index contributed by atoms with van der Waals surface area (Å²) in [5.74, 6) is -0.0424. The first-order chi connectivity index (χ1) is 7.59. The topological polar surface area (TPSA) is 107 Å². The molecule has 0 spiro atoms. The highest BCUT2D eigenvalue weighted by Gasteiger charge is 2.32. The van der Waals surface area contributed by atoms with Crippen LogP contribution < -0.4 is 11.1 Å². The van der Waals surface area contributed by atoms with Gasteiger partial charge in [0.05, 0.1) is 6.61 Å². The molecule has 1 aliphatic heterocycles. The third-order valence-electron chi connectivity index (χ3n) is 1.90. The zero-order valence-corrected chi connectivity index (χ0v) is 8.93. The van der Waals surface area contributed by atoms with Gasteiger partial charge in [-0.15, -0.1) is 0 Å². The Kier molecular flexibility index (Phi) is 4.59. The minimum Gasteiger partial charge on any atom is -0.427 e. The molecule has 7 nitrogen and oxygen atoms in total. The number of rotatable bonds is 6. The van der Waals surface area contributed by atoms with E-state index in [0.717, 1.165) is 0 Å². The molecule has 1 saturated heterocycles. The molecule has 1 unspecified atom stereocenters. The van der Waals surface area contributed by atoms with Gasteiger partial charge >= 0.3 is 6.16 Å². The van der Waals surface area contributed by atoms with Gasteiger partial charge in [0.25, 0.3) is 0 Å². The van der Waals surface area contributed by atoms with Crippen LogP contribution in [0.2, 0.25) is 0 Å². The molecular weight excluding hydrogens is 214 g/mol. The second-order valence-electron chi connectivity index (χ2n) is 3.24. The number of cyclic esters (lactones) is 2. The van der Waals surface area contributed by atoms with Crippen LogP contribution in [-0.4, -0.2) is 37.5 Å². The molecular formula is C9H15N3O4. The largest absolute Gasteiger partial charge is 0.509 e. The van der Waals surface area contributed by atoms with E-state index in [1.807, 2.05) is 0 Å². The maximum absolute atomic E-state index is 10.7. The Balaban J connectivity index is 2.07. The van der Waals surface area contributed by atoms with Crippen molar-refractivity contribution in [3.05, 3.63) is 12.3 Å². The van der Waals surface area contributed by atoms with Crippen LogP contribution in [0.25, 0.3) is 0 Å². The van der Waals surface area contributed by atoms with E-state index >= 15 is 0 Å². The van der Waals surface area contributed by atoms with Crippen LogP contribution >= 0.6 is 0 Å². The molecule has 0 aliphatic carbocycles.